The van der Waals surface area contributed by atoms with E-state index in [1.54, 1.807) is 18.2 Å². The molecule has 0 aromatic heterocycles. The summed E-state index contributed by atoms with van der Waals surface area (Å²) in [6, 6.07) is 9.06. The molecule has 2 aromatic carbocycles. The number of nitrogens with zero attached hydrogens (tertiary/aromatic N) is 1. The smallest absolute Gasteiger partial charge is 0.416 e. The Bertz CT molecular complexity index is 1080. The topological polar surface area (TPSA) is 76.1 Å². The van der Waals surface area contributed by atoms with Gasteiger partial charge in [0.2, 0.25) is 0 Å². The lowest BCUT2D eigenvalue weighted by Gasteiger charge is -2.16. The maximum Gasteiger partial charge on any atom is 0.416 e. The van der Waals surface area contributed by atoms with Crippen LogP contribution in [0.4, 0.5) is 18.9 Å². The van der Waals surface area contributed by atoms with Gasteiger partial charge in [0.25, 0.3) is 5.91 Å². The van der Waals surface area contributed by atoms with Gasteiger partial charge in [0.05, 0.1) is 23.3 Å². The molecule has 0 aliphatic carbocycles. The normalized spacial score (nSPS) is 15.5. The number of carboxylic acid groups (broad SMARTS) is 1. The standard InChI is InChI=1S/C20H14F3NO5S2/c1-28-14-7-2-4-11(17(14)29-10-16(25)26)8-15-18(27)24(19(30)31-15)13-6-3-5-12(9-13)20(21,22)23/h2-9H,10H2,1H3,(H,25,26)/b15-8-. The van der Waals surface area contributed by atoms with Crippen molar-refractivity contribution >= 4 is 51.9 Å². The number of methoxy groups -OCH3 is 1. The van der Waals surface area contributed by atoms with Gasteiger partial charge in [-0.1, -0.05) is 42.2 Å². The number of aliphatic carboxylic acids is 1. The zero-order valence-corrected chi connectivity index (χ0v) is 17.4. The van der Waals surface area contributed by atoms with E-state index >= 15 is 0 Å². The van der Waals surface area contributed by atoms with Gasteiger partial charge in [0.1, 0.15) is 0 Å². The van der Waals surface area contributed by atoms with Crippen LogP contribution in [0.5, 0.6) is 11.5 Å². The number of thiocarbonyl (C=S) groups is 1. The fourth-order valence-electron chi connectivity index (χ4n) is 2.75. The van der Waals surface area contributed by atoms with E-state index in [4.69, 9.17) is 26.8 Å². The third-order valence-electron chi connectivity index (χ3n) is 4.08. The molecule has 3 rings (SSSR count). The average molecular weight is 469 g/mol. The molecule has 0 atom stereocenters. The summed E-state index contributed by atoms with van der Waals surface area (Å²) in [7, 11) is 1.37. The number of carbonyl (C=O) groups is 2. The second-order valence-electron chi connectivity index (χ2n) is 6.13. The second kappa shape index (κ2) is 8.98. The molecule has 0 spiro atoms. The van der Waals surface area contributed by atoms with Gasteiger partial charge in [0, 0.05) is 5.56 Å². The monoisotopic (exact) mass is 469 g/mol. The lowest BCUT2D eigenvalue weighted by molar-refractivity contribution is -0.139. The Labute approximate surface area is 184 Å². The van der Waals surface area contributed by atoms with E-state index in [-0.39, 0.29) is 26.4 Å². The molecule has 11 heteroatoms. The number of rotatable bonds is 6. The number of ether oxygens (including phenoxy) is 2. The van der Waals surface area contributed by atoms with Crippen LogP contribution < -0.4 is 14.4 Å². The number of carboxylic acids is 1. The number of halogens is 3. The highest BCUT2D eigenvalue weighted by Gasteiger charge is 2.36. The summed E-state index contributed by atoms with van der Waals surface area (Å²) < 4.78 is 49.7. The van der Waals surface area contributed by atoms with Gasteiger partial charge >= 0.3 is 12.1 Å². The van der Waals surface area contributed by atoms with Crippen molar-refractivity contribution in [1.82, 2.24) is 0 Å². The van der Waals surface area contributed by atoms with E-state index in [0.717, 1.165) is 28.8 Å². The first kappa shape index (κ1) is 22.6. The van der Waals surface area contributed by atoms with E-state index < -0.39 is 30.2 Å². The summed E-state index contributed by atoms with van der Waals surface area (Å²) in [6.45, 7) is -0.633. The maximum absolute atomic E-state index is 13.0. The largest absolute Gasteiger partial charge is 0.493 e. The van der Waals surface area contributed by atoms with E-state index in [1.165, 1.54) is 25.3 Å². The fraction of sp³-hybridized carbons (Fsp3) is 0.150. The first-order valence-electron chi connectivity index (χ1n) is 8.58. The summed E-state index contributed by atoms with van der Waals surface area (Å²) >= 11 is 6.12. The zero-order chi connectivity index (χ0) is 22.8. The Morgan fingerprint density at radius 3 is 2.61 bits per heavy atom. The molecule has 1 aliphatic heterocycles. The summed E-state index contributed by atoms with van der Waals surface area (Å²) in [5.41, 5.74) is -0.556. The Balaban J connectivity index is 1.97. The number of amides is 1. The second-order valence-corrected chi connectivity index (χ2v) is 7.80. The van der Waals surface area contributed by atoms with Crippen LogP contribution in [-0.4, -0.2) is 35.0 Å². The van der Waals surface area contributed by atoms with Gasteiger partial charge in [-0.05, 0) is 30.3 Å². The Morgan fingerprint density at radius 1 is 1.26 bits per heavy atom. The van der Waals surface area contributed by atoms with Crippen LogP contribution in [0.3, 0.4) is 0 Å². The van der Waals surface area contributed by atoms with Crippen LogP contribution in [0, 0.1) is 0 Å². The van der Waals surface area contributed by atoms with Gasteiger partial charge in [0.15, 0.2) is 22.4 Å². The van der Waals surface area contributed by atoms with E-state index in [1.807, 2.05) is 0 Å². The predicted molar refractivity (Wildman–Crippen MR) is 113 cm³/mol. The highest BCUT2D eigenvalue weighted by molar-refractivity contribution is 8.27. The van der Waals surface area contributed by atoms with Crippen LogP contribution in [-0.2, 0) is 15.8 Å². The van der Waals surface area contributed by atoms with Crippen LogP contribution in [0.15, 0.2) is 47.4 Å². The summed E-state index contributed by atoms with van der Waals surface area (Å²) in [4.78, 5) is 24.9. The molecule has 2 aromatic rings. The molecule has 1 saturated heterocycles. The summed E-state index contributed by atoms with van der Waals surface area (Å²) in [5, 5.41) is 8.89. The molecular weight excluding hydrogens is 455 g/mol. The number of thioether (sulfide) groups is 1. The Hall–Kier alpha value is -3.05. The number of para-hydroxylation sites is 1. The fourth-order valence-corrected chi connectivity index (χ4v) is 4.04. The SMILES string of the molecule is COc1cccc(/C=C2\SC(=S)N(c3cccc(C(F)(F)F)c3)C2=O)c1OCC(=O)O. The van der Waals surface area contributed by atoms with Crippen LogP contribution in [0.25, 0.3) is 6.08 Å². The highest BCUT2D eigenvalue weighted by Crippen LogP contribution is 2.40. The Kier molecular flexibility index (Phi) is 6.56. The number of alkyl halides is 3. The summed E-state index contributed by atoms with van der Waals surface area (Å²) in [6.07, 6.45) is -3.14. The van der Waals surface area contributed by atoms with Crippen molar-refractivity contribution in [3.63, 3.8) is 0 Å². The average Bonchev–Trinajstić information content (AvgIpc) is 2.99. The number of hydrogen-bond donors (Lipinski definition) is 1. The predicted octanol–water partition coefficient (Wildman–Crippen LogP) is 4.58. The molecule has 0 saturated carbocycles. The molecule has 0 unspecified atom stereocenters. The number of carbonyl (C=O) groups excluding carboxylic acids is 1. The van der Waals surface area contributed by atoms with E-state index in [0.29, 0.717) is 5.56 Å². The van der Waals surface area contributed by atoms with Gasteiger partial charge in [-0.2, -0.15) is 13.2 Å². The van der Waals surface area contributed by atoms with Crippen molar-refractivity contribution in [1.29, 1.82) is 0 Å². The molecule has 1 aliphatic rings. The minimum atomic E-state index is -4.57. The van der Waals surface area contributed by atoms with Gasteiger partial charge in [-0.3, -0.25) is 9.69 Å². The first-order valence-corrected chi connectivity index (χ1v) is 9.81. The molecule has 31 heavy (non-hydrogen) atoms. The third-order valence-corrected chi connectivity index (χ3v) is 5.38. The maximum atomic E-state index is 13.0. The van der Waals surface area contributed by atoms with Crippen molar-refractivity contribution in [3.05, 3.63) is 58.5 Å². The van der Waals surface area contributed by atoms with Gasteiger partial charge < -0.3 is 14.6 Å². The van der Waals surface area contributed by atoms with Gasteiger partial charge in [-0.25, -0.2) is 4.79 Å². The zero-order valence-electron chi connectivity index (χ0n) is 15.8. The molecule has 0 bridgehead atoms. The molecule has 162 valence electrons. The van der Waals surface area contributed by atoms with Crippen LogP contribution in [0.1, 0.15) is 11.1 Å². The van der Waals surface area contributed by atoms with Crippen molar-refractivity contribution in [2.45, 2.75) is 6.18 Å². The van der Waals surface area contributed by atoms with Crippen molar-refractivity contribution in [3.8, 4) is 11.5 Å². The van der Waals surface area contributed by atoms with E-state index in [9.17, 15) is 22.8 Å². The van der Waals surface area contributed by atoms with Crippen molar-refractivity contribution < 1.29 is 37.3 Å². The molecule has 1 amide bonds. The number of anilines is 1. The lowest BCUT2D eigenvalue weighted by atomic mass is 10.1. The molecule has 1 fully saturated rings. The molecular formula is C20H14F3NO5S2. The lowest BCUT2D eigenvalue weighted by Crippen LogP contribution is -2.27. The van der Waals surface area contributed by atoms with Crippen molar-refractivity contribution in [2.75, 3.05) is 18.6 Å². The molecule has 1 heterocycles. The first-order chi connectivity index (χ1) is 14.6. The molecule has 0 radical (unpaired) electrons. The Morgan fingerprint density at radius 2 is 1.97 bits per heavy atom. The van der Waals surface area contributed by atoms with Crippen molar-refractivity contribution in [2.24, 2.45) is 0 Å². The molecule has 1 N–H and O–H groups in total. The number of benzene rings is 2. The minimum absolute atomic E-state index is 0.00582. The molecule has 6 nitrogen and oxygen atoms in total. The quantitative estimate of drug-likeness (QED) is 0.490. The van der Waals surface area contributed by atoms with Crippen LogP contribution in [0.2, 0.25) is 0 Å². The van der Waals surface area contributed by atoms with Gasteiger partial charge in [-0.15, -0.1) is 0 Å². The third kappa shape index (κ3) is 5.00. The van der Waals surface area contributed by atoms with Crippen LogP contribution >= 0.6 is 24.0 Å². The minimum Gasteiger partial charge on any atom is -0.493 e. The highest BCUT2D eigenvalue weighted by atomic mass is 32.2. The number of hydrogen-bond acceptors (Lipinski definition) is 6. The van der Waals surface area contributed by atoms with E-state index in [2.05, 4.69) is 0 Å². The summed E-state index contributed by atoms with van der Waals surface area (Å²) in [5.74, 6) is -1.45.